The maximum atomic E-state index is 12.8. The Morgan fingerprint density at radius 1 is 0.829 bits per heavy atom. The van der Waals surface area contributed by atoms with Gasteiger partial charge in [-0.15, -0.1) is 0 Å². The Labute approximate surface area is 203 Å². The number of nitrogens with one attached hydrogen (secondary N) is 2. The first-order chi connectivity index (χ1) is 16.9. The molecule has 0 heterocycles. The fraction of sp³-hybridized carbons (Fsp3) is 0.259. The van der Waals surface area contributed by atoms with Gasteiger partial charge in [-0.3, -0.25) is 19.2 Å². The van der Waals surface area contributed by atoms with E-state index in [-0.39, 0.29) is 38.3 Å². The number of esters is 1. The lowest BCUT2D eigenvalue weighted by Gasteiger charge is -2.19. The van der Waals surface area contributed by atoms with Crippen molar-refractivity contribution >= 4 is 34.5 Å². The Balaban J connectivity index is 1.57. The lowest BCUT2D eigenvalue weighted by Crippen LogP contribution is -2.49. The fourth-order valence-electron chi connectivity index (χ4n) is 3.58. The van der Waals surface area contributed by atoms with E-state index < -0.39 is 23.9 Å². The molecule has 1 atom stereocenters. The standard InChI is InChI=1S/C27H28N2O6/c30-24(18-20-10-11-21-8-4-5-9-22(21)16-20)29-23(17-19-6-2-1-3-7-19)27(34)28-14-15-35-26(33)13-12-25(31)32/h1-11,16,23H,12-15,17-18H2,(H,28,34)(H,29,30)(H,31,32)/t23-/m0/s1. The van der Waals surface area contributed by atoms with E-state index in [1.165, 1.54) is 0 Å². The average Bonchev–Trinajstić information content (AvgIpc) is 2.85. The third-order valence-corrected chi connectivity index (χ3v) is 5.32. The molecule has 0 saturated heterocycles. The van der Waals surface area contributed by atoms with E-state index in [1.54, 1.807) is 0 Å². The van der Waals surface area contributed by atoms with Crippen LogP contribution >= 0.6 is 0 Å². The van der Waals surface area contributed by atoms with E-state index in [0.717, 1.165) is 21.9 Å². The molecule has 0 saturated carbocycles. The molecule has 0 unspecified atom stereocenters. The Morgan fingerprint density at radius 3 is 2.29 bits per heavy atom. The molecule has 0 aliphatic heterocycles. The number of aliphatic carboxylic acids is 1. The van der Waals surface area contributed by atoms with Crippen molar-refractivity contribution in [1.29, 1.82) is 0 Å². The molecule has 182 valence electrons. The molecule has 8 heteroatoms. The van der Waals surface area contributed by atoms with Gasteiger partial charge >= 0.3 is 11.9 Å². The number of carboxylic acid groups (broad SMARTS) is 1. The summed E-state index contributed by atoms with van der Waals surface area (Å²) in [6, 6.07) is 22.2. The van der Waals surface area contributed by atoms with Gasteiger partial charge in [0.1, 0.15) is 12.6 Å². The van der Waals surface area contributed by atoms with Gasteiger partial charge in [0.15, 0.2) is 0 Å². The van der Waals surface area contributed by atoms with Gasteiger partial charge in [0.2, 0.25) is 11.8 Å². The first kappa shape index (κ1) is 25.4. The number of rotatable bonds is 12. The van der Waals surface area contributed by atoms with Crippen molar-refractivity contribution in [3.63, 3.8) is 0 Å². The van der Waals surface area contributed by atoms with Crippen molar-refractivity contribution in [3.05, 3.63) is 83.9 Å². The lowest BCUT2D eigenvalue weighted by atomic mass is 10.0. The van der Waals surface area contributed by atoms with E-state index in [9.17, 15) is 19.2 Å². The number of hydrogen-bond donors (Lipinski definition) is 3. The van der Waals surface area contributed by atoms with Gasteiger partial charge in [0, 0.05) is 6.42 Å². The zero-order valence-electron chi connectivity index (χ0n) is 19.2. The van der Waals surface area contributed by atoms with Crippen molar-refractivity contribution in [3.8, 4) is 0 Å². The quantitative estimate of drug-likeness (QED) is 0.273. The summed E-state index contributed by atoms with van der Waals surface area (Å²) in [6.07, 6.45) is -0.114. The smallest absolute Gasteiger partial charge is 0.306 e. The van der Waals surface area contributed by atoms with Crippen LogP contribution in [0.2, 0.25) is 0 Å². The van der Waals surface area contributed by atoms with E-state index in [4.69, 9.17) is 9.84 Å². The normalized spacial score (nSPS) is 11.4. The van der Waals surface area contributed by atoms with Crippen LogP contribution in [0.1, 0.15) is 24.0 Å². The first-order valence-corrected chi connectivity index (χ1v) is 11.4. The van der Waals surface area contributed by atoms with Gasteiger partial charge < -0.3 is 20.5 Å². The molecule has 0 fully saturated rings. The minimum absolute atomic E-state index is 0.0451. The maximum absolute atomic E-state index is 12.8. The third kappa shape index (κ3) is 8.58. The van der Waals surface area contributed by atoms with Crippen molar-refractivity contribution < 1.29 is 29.0 Å². The molecule has 0 radical (unpaired) electrons. The summed E-state index contributed by atoms with van der Waals surface area (Å²) >= 11 is 0. The molecule has 8 nitrogen and oxygen atoms in total. The molecule has 0 spiro atoms. The minimum Gasteiger partial charge on any atom is -0.481 e. The monoisotopic (exact) mass is 476 g/mol. The third-order valence-electron chi connectivity index (χ3n) is 5.32. The molecular weight excluding hydrogens is 448 g/mol. The van der Waals surface area contributed by atoms with Crippen LogP contribution in [0.4, 0.5) is 0 Å². The topological polar surface area (TPSA) is 122 Å². The number of hydrogen-bond acceptors (Lipinski definition) is 5. The molecular formula is C27H28N2O6. The van der Waals surface area contributed by atoms with Crippen LogP contribution in [-0.2, 0) is 36.8 Å². The minimum atomic E-state index is -1.08. The molecule has 0 aliphatic rings. The second-order valence-corrected chi connectivity index (χ2v) is 8.07. The highest BCUT2D eigenvalue weighted by Gasteiger charge is 2.21. The highest BCUT2D eigenvalue weighted by atomic mass is 16.5. The molecule has 0 aliphatic carbocycles. The van der Waals surface area contributed by atoms with Gasteiger partial charge in [0.05, 0.1) is 25.8 Å². The highest BCUT2D eigenvalue weighted by molar-refractivity contribution is 5.89. The van der Waals surface area contributed by atoms with Crippen molar-refractivity contribution in [2.24, 2.45) is 0 Å². The summed E-state index contributed by atoms with van der Waals surface area (Å²) in [6.45, 7) is -0.0449. The van der Waals surface area contributed by atoms with Gasteiger partial charge in [-0.1, -0.05) is 72.8 Å². The molecule has 3 aromatic rings. The van der Waals surface area contributed by atoms with E-state index in [0.29, 0.717) is 6.42 Å². The van der Waals surface area contributed by atoms with Crippen LogP contribution in [0.5, 0.6) is 0 Å². The summed E-state index contributed by atoms with van der Waals surface area (Å²) in [7, 11) is 0. The van der Waals surface area contributed by atoms with E-state index in [1.807, 2.05) is 72.8 Å². The number of benzene rings is 3. The molecule has 0 bridgehead atoms. The first-order valence-electron chi connectivity index (χ1n) is 11.4. The Hall–Kier alpha value is -4.20. The van der Waals surface area contributed by atoms with Gasteiger partial charge in [-0.25, -0.2) is 0 Å². The summed E-state index contributed by atoms with van der Waals surface area (Å²) in [5.41, 5.74) is 1.73. The summed E-state index contributed by atoms with van der Waals surface area (Å²) in [5, 5.41) is 16.2. The SMILES string of the molecule is O=C(O)CCC(=O)OCCNC(=O)[C@H](Cc1ccccc1)NC(=O)Cc1ccc2ccccc2c1. The van der Waals surface area contributed by atoms with Crippen LogP contribution in [-0.4, -0.2) is 48.1 Å². The second kappa shape index (κ2) is 12.9. The molecule has 2 amide bonds. The number of carbonyl (C=O) groups is 4. The number of amides is 2. The predicted molar refractivity (Wildman–Crippen MR) is 131 cm³/mol. The predicted octanol–water partition coefficient (Wildman–Crippen LogP) is 2.63. The second-order valence-electron chi connectivity index (χ2n) is 8.07. The van der Waals surface area contributed by atoms with Crippen molar-refractivity contribution in [1.82, 2.24) is 10.6 Å². The molecule has 3 N–H and O–H groups in total. The Bertz CT molecular complexity index is 1180. The van der Waals surface area contributed by atoms with Crippen LogP contribution in [0.3, 0.4) is 0 Å². The van der Waals surface area contributed by atoms with E-state index in [2.05, 4.69) is 10.6 Å². The Kier molecular flexibility index (Phi) is 9.36. The number of carboxylic acids is 1. The largest absolute Gasteiger partial charge is 0.481 e. The molecule has 35 heavy (non-hydrogen) atoms. The fourth-order valence-corrected chi connectivity index (χ4v) is 3.58. The van der Waals surface area contributed by atoms with Crippen LogP contribution in [0.15, 0.2) is 72.8 Å². The molecule has 3 rings (SSSR count). The number of carbonyl (C=O) groups excluding carboxylic acids is 3. The average molecular weight is 477 g/mol. The lowest BCUT2D eigenvalue weighted by molar-refractivity contribution is -0.147. The highest BCUT2D eigenvalue weighted by Crippen LogP contribution is 2.16. The molecule has 0 aromatic heterocycles. The van der Waals surface area contributed by atoms with Crippen LogP contribution in [0.25, 0.3) is 10.8 Å². The summed E-state index contributed by atoms with van der Waals surface area (Å²) < 4.78 is 4.93. The zero-order chi connectivity index (χ0) is 25.0. The maximum Gasteiger partial charge on any atom is 0.306 e. The summed E-state index contributed by atoms with van der Waals surface area (Å²) in [4.78, 5) is 47.6. The van der Waals surface area contributed by atoms with Crippen LogP contribution < -0.4 is 10.6 Å². The number of fused-ring (bicyclic) bond motifs is 1. The van der Waals surface area contributed by atoms with Gasteiger partial charge in [-0.05, 0) is 21.9 Å². The number of ether oxygens (including phenoxy) is 1. The molecule has 3 aromatic carbocycles. The van der Waals surface area contributed by atoms with Gasteiger partial charge in [0.25, 0.3) is 0 Å². The van der Waals surface area contributed by atoms with Crippen molar-refractivity contribution in [2.75, 3.05) is 13.2 Å². The zero-order valence-corrected chi connectivity index (χ0v) is 19.2. The Morgan fingerprint density at radius 2 is 1.54 bits per heavy atom. The van der Waals surface area contributed by atoms with Crippen molar-refractivity contribution in [2.45, 2.75) is 31.7 Å². The summed E-state index contributed by atoms with van der Waals surface area (Å²) in [5.74, 6) is -2.41. The van der Waals surface area contributed by atoms with Crippen LogP contribution in [0, 0.1) is 0 Å². The van der Waals surface area contributed by atoms with Gasteiger partial charge in [-0.2, -0.15) is 0 Å². The van der Waals surface area contributed by atoms with E-state index >= 15 is 0 Å².